The lowest BCUT2D eigenvalue weighted by Gasteiger charge is -2.20. The summed E-state index contributed by atoms with van der Waals surface area (Å²) in [5, 5.41) is 5.61. The predicted molar refractivity (Wildman–Crippen MR) is 97.1 cm³/mol. The van der Waals surface area contributed by atoms with E-state index in [1.165, 1.54) is 20.6 Å². The quantitative estimate of drug-likeness (QED) is 0.749. The Morgan fingerprint density at radius 3 is 2.71 bits per heavy atom. The maximum absolute atomic E-state index is 3.70. The third-order valence-corrected chi connectivity index (χ3v) is 4.92. The van der Waals surface area contributed by atoms with Crippen molar-refractivity contribution in [1.29, 1.82) is 0 Å². The Morgan fingerprint density at radius 1 is 1.29 bits per heavy atom. The largest absolute Gasteiger partial charge is 0.369 e. The molecule has 0 amide bonds. The van der Waals surface area contributed by atoms with Gasteiger partial charge in [-0.15, -0.1) is 11.3 Å². The Morgan fingerprint density at radius 2 is 2.10 bits per heavy atom. The number of hydrogen-bond donors (Lipinski definition) is 1. The molecule has 1 N–H and O–H groups in total. The molecular weight excluding hydrogens is 344 g/mol. The van der Waals surface area contributed by atoms with Crippen LogP contribution in [0.3, 0.4) is 0 Å². The summed E-state index contributed by atoms with van der Waals surface area (Å²) in [6.07, 6.45) is 0. The third-order valence-electron chi connectivity index (χ3n) is 3.32. The molecule has 0 fully saturated rings. The summed E-state index contributed by atoms with van der Waals surface area (Å²) < 4.78 is 1.18. The first-order valence-corrected chi connectivity index (χ1v) is 8.96. The number of nitrogens with zero attached hydrogens (tertiary/aromatic N) is 1. The Balaban J connectivity index is 1.97. The van der Waals surface area contributed by atoms with Crippen molar-refractivity contribution in [1.82, 2.24) is 5.32 Å². The monoisotopic (exact) mass is 366 g/mol. The summed E-state index contributed by atoms with van der Waals surface area (Å²) >= 11 is 5.50. The molecule has 4 heteroatoms. The normalized spacial score (nSPS) is 11.1. The van der Waals surface area contributed by atoms with Crippen LogP contribution in [0.4, 0.5) is 5.69 Å². The highest BCUT2D eigenvalue weighted by Gasteiger charge is 2.06. The van der Waals surface area contributed by atoms with E-state index in [1.807, 2.05) is 0 Å². The predicted octanol–water partition coefficient (Wildman–Crippen LogP) is 4.89. The topological polar surface area (TPSA) is 15.3 Å². The van der Waals surface area contributed by atoms with Gasteiger partial charge in [0.2, 0.25) is 0 Å². The van der Waals surface area contributed by atoms with Crippen LogP contribution in [0.1, 0.15) is 24.3 Å². The lowest BCUT2D eigenvalue weighted by molar-refractivity contribution is 0.552. The average Bonchev–Trinajstić information content (AvgIpc) is 2.93. The minimum Gasteiger partial charge on any atom is -0.369 e. The van der Waals surface area contributed by atoms with Gasteiger partial charge >= 0.3 is 0 Å². The zero-order valence-corrected chi connectivity index (χ0v) is 15.3. The van der Waals surface area contributed by atoms with Gasteiger partial charge in [-0.25, -0.2) is 0 Å². The molecule has 1 aromatic heterocycles. The van der Waals surface area contributed by atoms with Crippen LogP contribution in [0.5, 0.6) is 0 Å². The summed E-state index contributed by atoms with van der Waals surface area (Å²) in [7, 11) is 2.14. The molecule has 0 aliphatic rings. The molecule has 0 bridgehead atoms. The fourth-order valence-corrected chi connectivity index (χ4v) is 3.40. The summed E-state index contributed by atoms with van der Waals surface area (Å²) in [4.78, 5) is 3.67. The van der Waals surface area contributed by atoms with Crippen LogP contribution in [-0.2, 0) is 13.1 Å². The molecule has 2 nitrogen and oxygen atoms in total. The molecule has 0 atom stereocenters. The molecule has 114 valence electrons. The first-order chi connectivity index (χ1) is 10.1. The van der Waals surface area contributed by atoms with E-state index in [0.29, 0.717) is 5.92 Å². The number of benzene rings is 1. The van der Waals surface area contributed by atoms with Crippen LogP contribution in [0.2, 0.25) is 0 Å². The van der Waals surface area contributed by atoms with Gasteiger partial charge in [-0.1, -0.05) is 41.9 Å². The zero-order valence-electron chi connectivity index (χ0n) is 12.9. The molecule has 2 rings (SSSR count). The van der Waals surface area contributed by atoms with E-state index in [1.54, 1.807) is 11.3 Å². The molecule has 1 aromatic carbocycles. The Kier molecular flexibility index (Phi) is 6.27. The van der Waals surface area contributed by atoms with Crippen molar-refractivity contribution in [3.05, 3.63) is 50.6 Å². The van der Waals surface area contributed by atoms with Crippen molar-refractivity contribution in [2.45, 2.75) is 26.9 Å². The number of nitrogens with one attached hydrogen (secondary N) is 1. The maximum atomic E-state index is 3.70. The van der Waals surface area contributed by atoms with Crippen LogP contribution in [0, 0.1) is 5.92 Å². The number of thiophene rings is 1. The first-order valence-electron chi connectivity index (χ1n) is 7.29. The molecule has 0 unspecified atom stereocenters. The molecule has 1 heterocycles. The van der Waals surface area contributed by atoms with Crippen LogP contribution in [-0.4, -0.2) is 13.6 Å². The highest BCUT2D eigenvalue weighted by atomic mass is 79.9. The van der Waals surface area contributed by atoms with Crippen LogP contribution in [0.15, 0.2) is 40.2 Å². The molecule has 21 heavy (non-hydrogen) atoms. The molecular formula is C17H23BrN2S. The van der Waals surface area contributed by atoms with Gasteiger partial charge in [0.15, 0.2) is 0 Å². The molecule has 0 aliphatic heterocycles. The minimum absolute atomic E-state index is 0.681. The molecule has 0 spiro atoms. The Labute approximate surface area is 140 Å². The van der Waals surface area contributed by atoms with E-state index in [2.05, 4.69) is 82.8 Å². The first kappa shape index (κ1) is 16.5. The number of rotatable bonds is 7. The van der Waals surface area contributed by atoms with Gasteiger partial charge in [0, 0.05) is 28.6 Å². The van der Waals surface area contributed by atoms with E-state index < -0.39 is 0 Å². The van der Waals surface area contributed by atoms with Gasteiger partial charge in [0.25, 0.3) is 0 Å². The van der Waals surface area contributed by atoms with Crippen molar-refractivity contribution < 1.29 is 0 Å². The maximum Gasteiger partial charge on any atom is 0.0519 e. The van der Waals surface area contributed by atoms with E-state index in [0.717, 1.165) is 19.6 Å². The van der Waals surface area contributed by atoms with Crippen molar-refractivity contribution in [3.8, 4) is 0 Å². The summed E-state index contributed by atoms with van der Waals surface area (Å²) in [5.41, 5.74) is 2.55. The minimum atomic E-state index is 0.681. The third kappa shape index (κ3) is 5.13. The number of hydrogen-bond acceptors (Lipinski definition) is 3. The zero-order chi connectivity index (χ0) is 15.2. The summed E-state index contributed by atoms with van der Waals surface area (Å²) in [6.45, 7) is 7.37. The van der Waals surface area contributed by atoms with Crippen LogP contribution in [0.25, 0.3) is 0 Å². The number of halogens is 1. The highest BCUT2D eigenvalue weighted by molar-refractivity contribution is 9.10. The molecule has 0 aliphatic carbocycles. The second kappa shape index (κ2) is 7.97. The van der Waals surface area contributed by atoms with Crippen LogP contribution < -0.4 is 10.2 Å². The Hall–Kier alpha value is -0.840. The van der Waals surface area contributed by atoms with E-state index in [-0.39, 0.29) is 0 Å². The highest BCUT2D eigenvalue weighted by Crippen LogP contribution is 2.25. The van der Waals surface area contributed by atoms with Crippen molar-refractivity contribution in [3.63, 3.8) is 0 Å². The lowest BCUT2D eigenvalue weighted by atomic mass is 10.1. The van der Waals surface area contributed by atoms with Gasteiger partial charge < -0.3 is 10.2 Å². The molecule has 0 saturated heterocycles. The average molecular weight is 367 g/mol. The van der Waals surface area contributed by atoms with Gasteiger partial charge in [-0.2, -0.15) is 0 Å². The van der Waals surface area contributed by atoms with Gasteiger partial charge in [0.1, 0.15) is 0 Å². The van der Waals surface area contributed by atoms with Gasteiger partial charge in [-0.3, -0.25) is 0 Å². The van der Waals surface area contributed by atoms with E-state index in [9.17, 15) is 0 Å². The molecule has 0 saturated carbocycles. The molecule has 2 aromatic rings. The lowest BCUT2D eigenvalue weighted by Crippen LogP contribution is -2.19. The Bertz CT molecular complexity index is 552. The SMILES string of the molecule is CC(C)CNCc1ccc(N(C)Cc2cccs2)cc1Br. The van der Waals surface area contributed by atoms with Crippen molar-refractivity contribution in [2.75, 3.05) is 18.5 Å². The van der Waals surface area contributed by atoms with E-state index >= 15 is 0 Å². The standard InChI is InChI=1S/C17H23BrN2S/c1-13(2)10-19-11-14-6-7-15(9-17(14)18)20(3)12-16-5-4-8-21-16/h4-9,13,19H,10-12H2,1-3H3. The van der Waals surface area contributed by atoms with Crippen molar-refractivity contribution in [2.24, 2.45) is 5.92 Å². The summed E-state index contributed by atoms with van der Waals surface area (Å²) in [6, 6.07) is 10.9. The van der Waals surface area contributed by atoms with E-state index in [4.69, 9.17) is 0 Å². The van der Waals surface area contributed by atoms with Gasteiger partial charge in [-0.05, 0) is 41.6 Å². The number of anilines is 1. The summed E-state index contributed by atoms with van der Waals surface area (Å²) in [5.74, 6) is 0.681. The fraction of sp³-hybridized carbons (Fsp3) is 0.412. The second-order valence-corrected chi connectivity index (χ2v) is 7.62. The second-order valence-electron chi connectivity index (χ2n) is 5.74. The van der Waals surface area contributed by atoms with Gasteiger partial charge in [0.05, 0.1) is 6.54 Å². The smallest absolute Gasteiger partial charge is 0.0519 e. The fourth-order valence-electron chi connectivity index (χ4n) is 2.14. The van der Waals surface area contributed by atoms with Crippen molar-refractivity contribution >= 4 is 33.0 Å². The van der Waals surface area contributed by atoms with Crippen LogP contribution >= 0.6 is 27.3 Å². The molecule has 0 radical (unpaired) electrons.